The van der Waals surface area contributed by atoms with Crippen LogP contribution in [0.4, 0.5) is 0 Å². The minimum absolute atomic E-state index is 0.217. The normalized spacial score (nSPS) is 15.0. The number of aromatic nitrogens is 3. The van der Waals surface area contributed by atoms with Gasteiger partial charge in [0.25, 0.3) is 0 Å². The molecule has 8 aromatic rings. The van der Waals surface area contributed by atoms with Crippen LogP contribution in [-0.2, 0) is 6.42 Å². The van der Waals surface area contributed by atoms with Crippen molar-refractivity contribution in [3.8, 4) is 34.0 Å². The van der Waals surface area contributed by atoms with Gasteiger partial charge in [-0.25, -0.2) is 9.97 Å². The summed E-state index contributed by atoms with van der Waals surface area (Å²) in [6, 6.07) is 48.9. The topological polar surface area (TPSA) is 39.9 Å². The predicted molar refractivity (Wildman–Crippen MR) is 186 cm³/mol. The van der Waals surface area contributed by atoms with E-state index < -0.39 is 0 Å². The van der Waals surface area contributed by atoms with Gasteiger partial charge in [-0.2, -0.15) is 0 Å². The molecular weight excluding hydrogens is 562 g/mol. The van der Waals surface area contributed by atoms with Gasteiger partial charge in [0.2, 0.25) is 0 Å². The van der Waals surface area contributed by atoms with E-state index in [0.717, 1.165) is 57.2 Å². The molecule has 1 atom stereocenters. The summed E-state index contributed by atoms with van der Waals surface area (Å²) in [7, 11) is 0. The van der Waals surface area contributed by atoms with E-state index in [9.17, 15) is 0 Å². The predicted octanol–water partition coefficient (Wildman–Crippen LogP) is 10.1. The fraction of sp³-hybridized carbons (Fsp3) is 0.0476. The van der Waals surface area contributed by atoms with Gasteiger partial charge >= 0.3 is 0 Å². The molecule has 1 aliphatic heterocycles. The fourth-order valence-corrected chi connectivity index (χ4v) is 7.48. The van der Waals surface area contributed by atoms with Crippen LogP contribution in [0.25, 0.3) is 67.0 Å². The summed E-state index contributed by atoms with van der Waals surface area (Å²) in [5.41, 5.74) is 11.7. The first-order valence-electron chi connectivity index (χ1n) is 15.8. The van der Waals surface area contributed by atoms with E-state index in [0.29, 0.717) is 0 Å². The lowest BCUT2D eigenvalue weighted by molar-refractivity contribution is 0.429. The maximum absolute atomic E-state index is 6.47. The van der Waals surface area contributed by atoms with E-state index in [4.69, 9.17) is 14.7 Å². The molecule has 216 valence electrons. The van der Waals surface area contributed by atoms with Crippen LogP contribution >= 0.6 is 0 Å². The fourth-order valence-electron chi connectivity index (χ4n) is 7.48. The van der Waals surface area contributed by atoms with Crippen molar-refractivity contribution in [2.45, 2.75) is 12.3 Å². The zero-order chi connectivity index (χ0) is 30.2. The van der Waals surface area contributed by atoms with Crippen molar-refractivity contribution in [1.29, 1.82) is 0 Å². The zero-order valence-electron chi connectivity index (χ0n) is 24.9. The summed E-state index contributed by atoms with van der Waals surface area (Å²) < 4.78 is 8.88. The van der Waals surface area contributed by atoms with Crippen LogP contribution in [-0.4, -0.2) is 14.5 Å². The first-order valence-corrected chi connectivity index (χ1v) is 15.8. The Hall–Kier alpha value is -6.00. The number of rotatable bonds is 3. The molecule has 0 fully saturated rings. The summed E-state index contributed by atoms with van der Waals surface area (Å²) in [4.78, 5) is 10.3. The van der Waals surface area contributed by atoms with Gasteiger partial charge in [-0.3, -0.25) is 0 Å². The number of nitrogens with zero attached hydrogens (tertiary/aromatic N) is 3. The molecule has 1 aliphatic carbocycles. The summed E-state index contributed by atoms with van der Waals surface area (Å²) in [5.74, 6) is 2.20. The standard InChI is InChI=1S/C42H27N3O/c1-2-12-27(13-3-1)41-42(44-35-19-8-7-18-34(35)43-41)28-14-10-15-29(23-28)45-36-22-21-26-11-4-5-16-30(26)40(36)33-24-32-31-17-6-9-20-38(31)46-39(32)25-37(33)45/h1-23,25,32H,24H2. The lowest BCUT2D eigenvalue weighted by atomic mass is 9.85. The molecular formula is C42H27N3O. The Morgan fingerprint density at radius 2 is 1.35 bits per heavy atom. The number of hydrogen-bond donors (Lipinski definition) is 0. The minimum atomic E-state index is 0.217. The van der Waals surface area contributed by atoms with Crippen molar-refractivity contribution < 1.29 is 4.74 Å². The third-order valence-electron chi connectivity index (χ3n) is 9.55. The van der Waals surface area contributed by atoms with Crippen molar-refractivity contribution in [2.24, 2.45) is 0 Å². The van der Waals surface area contributed by atoms with Crippen molar-refractivity contribution in [3.05, 3.63) is 162 Å². The molecule has 3 heterocycles. The van der Waals surface area contributed by atoms with Gasteiger partial charge in [0.1, 0.15) is 11.5 Å². The average Bonchev–Trinajstić information content (AvgIpc) is 3.65. The summed E-state index contributed by atoms with van der Waals surface area (Å²) >= 11 is 0. The molecule has 2 aliphatic rings. The monoisotopic (exact) mass is 589 g/mol. The van der Waals surface area contributed by atoms with E-state index in [1.807, 2.05) is 30.3 Å². The summed E-state index contributed by atoms with van der Waals surface area (Å²) in [6.45, 7) is 0. The number of hydrogen-bond acceptors (Lipinski definition) is 3. The van der Waals surface area contributed by atoms with E-state index in [-0.39, 0.29) is 5.92 Å². The zero-order valence-corrected chi connectivity index (χ0v) is 24.9. The van der Waals surface area contributed by atoms with Gasteiger partial charge in [-0.05, 0) is 59.2 Å². The molecule has 4 nitrogen and oxygen atoms in total. The van der Waals surface area contributed by atoms with Gasteiger partial charge in [0.15, 0.2) is 0 Å². The van der Waals surface area contributed by atoms with Crippen LogP contribution < -0.4 is 4.74 Å². The lowest BCUT2D eigenvalue weighted by Crippen LogP contribution is -2.10. The Balaban J connectivity index is 1.22. The first-order chi connectivity index (χ1) is 22.8. The summed E-state index contributed by atoms with van der Waals surface area (Å²) in [6.07, 6.45) is 3.17. The van der Waals surface area contributed by atoms with E-state index in [2.05, 4.69) is 120 Å². The van der Waals surface area contributed by atoms with Crippen LogP contribution in [0.1, 0.15) is 22.7 Å². The number of para-hydroxylation sites is 3. The average molecular weight is 590 g/mol. The van der Waals surface area contributed by atoms with E-state index in [1.54, 1.807) is 0 Å². The number of allylic oxidation sites excluding steroid dienone is 1. The molecule has 4 heteroatoms. The van der Waals surface area contributed by atoms with Gasteiger partial charge in [0, 0.05) is 33.8 Å². The van der Waals surface area contributed by atoms with E-state index in [1.165, 1.54) is 38.5 Å². The highest BCUT2D eigenvalue weighted by Gasteiger charge is 2.36. The Kier molecular flexibility index (Phi) is 5.37. The van der Waals surface area contributed by atoms with Crippen LogP contribution in [0.2, 0.25) is 0 Å². The molecule has 0 radical (unpaired) electrons. The quantitative estimate of drug-likeness (QED) is 0.206. The number of ether oxygens (including phenoxy) is 1. The molecule has 0 N–H and O–H groups in total. The minimum Gasteiger partial charge on any atom is -0.461 e. The van der Waals surface area contributed by atoms with Crippen LogP contribution in [0.15, 0.2) is 145 Å². The lowest BCUT2D eigenvalue weighted by Gasteiger charge is -2.19. The molecule has 2 aromatic heterocycles. The maximum Gasteiger partial charge on any atom is 0.130 e. The van der Waals surface area contributed by atoms with Gasteiger partial charge in [0.05, 0.1) is 39.5 Å². The van der Waals surface area contributed by atoms with Crippen molar-refractivity contribution in [3.63, 3.8) is 0 Å². The first kappa shape index (κ1) is 25.3. The van der Waals surface area contributed by atoms with Gasteiger partial charge in [-0.15, -0.1) is 0 Å². The largest absolute Gasteiger partial charge is 0.461 e. The SMILES string of the molecule is C1=C2Oc3ccccc3C2Cc2c1n(-c1cccc(-c3nc4ccccc4nc3-c3ccccc3)c1)c1ccc3ccccc3c21. The third kappa shape index (κ3) is 3.74. The smallest absolute Gasteiger partial charge is 0.130 e. The second-order valence-corrected chi connectivity index (χ2v) is 12.1. The van der Waals surface area contributed by atoms with Crippen LogP contribution in [0.5, 0.6) is 5.75 Å². The van der Waals surface area contributed by atoms with Crippen molar-refractivity contribution >= 4 is 38.8 Å². The number of fused-ring (bicyclic) bond motifs is 9. The molecule has 0 amide bonds. The van der Waals surface area contributed by atoms with E-state index >= 15 is 0 Å². The molecule has 0 spiro atoms. The molecule has 46 heavy (non-hydrogen) atoms. The second kappa shape index (κ2) is 9.75. The Bertz CT molecular complexity index is 2540. The maximum atomic E-state index is 6.47. The van der Waals surface area contributed by atoms with Crippen molar-refractivity contribution in [2.75, 3.05) is 0 Å². The molecule has 0 saturated heterocycles. The molecule has 0 saturated carbocycles. The Morgan fingerprint density at radius 1 is 0.630 bits per heavy atom. The molecule has 10 rings (SSSR count). The summed E-state index contributed by atoms with van der Waals surface area (Å²) in [5, 5.41) is 3.84. The molecule has 1 unspecified atom stereocenters. The highest BCUT2D eigenvalue weighted by atomic mass is 16.5. The Morgan fingerprint density at radius 3 is 2.22 bits per heavy atom. The van der Waals surface area contributed by atoms with Gasteiger partial charge < -0.3 is 9.30 Å². The second-order valence-electron chi connectivity index (χ2n) is 12.1. The highest BCUT2D eigenvalue weighted by Crippen LogP contribution is 2.49. The third-order valence-corrected chi connectivity index (χ3v) is 9.55. The number of benzene rings is 6. The molecule has 6 aromatic carbocycles. The van der Waals surface area contributed by atoms with Crippen LogP contribution in [0.3, 0.4) is 0 Å². The van der Waals surface area contributed by atoms with Gasteiger partial charge in [-0.1, -0.05) is 103 Å². The van der Waals surface area contributed by atoms with Crippen molar-refractivity contribution in [1.82, 2.24) is 14.5 Å². The van der Waals surface area contributed by atoms with Crippen LogP contribution in [0, 0.1) is 0 Å². The molecule has 0 bridgehead atoms. The highest BCUT2D eigenvalue weighted by molar-refractivity contribution is 6.11. The Labute approximate surface area is 265 Å².